The number of carbonyl (C=O) groups excluding carboxylic acids is 1. The van der Waals surface area contributed by atoms with Gasteiger partial charge in [-0.1, -0.05) is 6.92 Å². The van der Waals surface area contributed by atoms with E-state index in [0.717, 1.165) is 0 Å². The molecule has 0 heterocycles. The van der Waals surface area contributed by atoms with Gasteiger partial charge in [-0.3, -0.25) is 0 Å². The Labute approximate surface area is 155 Å². The third-order valence-corrected chi connectivity index (χ3v) is 3.90. The molecule has 0 aromatic carbocycles. The number of esters is 1. The number of rotatable bonds is 11. The maximum absolute atomic E-state index is 13.5. The van der Waals surface area contributed by atoms with Crippen LogP contribution in [0, 0.1) is 0 Å². The first-order valence-corrected chi connectivity index (χ1v) is 7.67. The summed E-state index contributed by atoms with van der Waals surface area (Å²) in [5, 5.41) is 0. The van der Waals surface area contributed by atoms with Crippen molar-refractivity contribution in [2.24, 2.45) is 0 Å². The van der Waals surface area contributed by atoms with Gasteiger partial charge in [-0.25, -0.2) is 18.0 Å². The Morgan fingerprint density at radius 2 is 1.28 bits per heavy atom. The first-order chi connectivity index (χ1) is 12.6. The topological polar surface area (TPSA) is 26.3 Å². The minimum absolute atomic E-state index is 0.445. The number of hydrogen-bond acceptors (Lipinski definition) is 2. The summed E-state index contributed by atoms with van der Waals surface area (Å²) in [5.74, 6) is -37.1. The molecular weight excluding hydrogens is 447 g/mol. The molecule has 0 spiro atoms. The zero-order valence-corrected chi connectivity index (χ0v) is 14.6. The second-order valence-electron chi connectivity index (χ2n) is 6.14. The van der Waals surface area contributed by atoms with Gasteiger partial charge in [0.15, 0.2) is 0 Å². The van der Waals surface area contributed by atoms with Crippen LogP contribution in [-0.4, -0.2) is 54.3 Å². The van der Waals surface area contributed by atoms with Gasteiger partial charge >= 0.3 is 42.0 Å². The highest BCUT2D eigenvalue weighted by Gasteiger charge is 2.87. The van der Waals surface area contributed by atoms with E-state index < -0.39 is 73.5 Å². The Hall–Kier alpha value is -1.44. The summed E-state index contributed by atoms with van der Waals surface area (Å²) in [6.07, 6.45) is -9.82. The minimum atomic E-state index is -7.60. The summed E-state index contributed by atoms with van der Waals surface area (Å²) in [6, 6.07) is 0. The lowest BCUT2D eigenvalue weighted by Crippen LogP contribution is -2.68. The van der Waals surface area contributed by atoms with Crippen molar-refractivity contribution in [1.29, 1.82) is 0 Å². The van der Waals surface area contributed by atoms with Gasteiger partial charge in [-0.15, -0.1) is 0 Å². The zero-order chi connectivity index (χ0) is 23.7. The molecule has 0 aliphatic heterocycles. The molecule has 0 aromatic heterocycles. The summed E-state index contributed by atoms with van der Waals surface area (Å²) in [6.45, 7) is 0.649. The van der Waals surface area contributed by atoms with E-state index in [2.05, 4.69) is 4.74 Å². The molecule has 0 aliphatic rings. The smallest absolute Gasteiger partial charge is 0.384 e. The monoisotopic (exact) mass is 462 g/mol. The van der Waals surface area contributed by atoms with Crippen molar-refractivity contribution in [3.05, 3.63) is 0 Å². The van der Waals surface area contributed by atoms with E-state index in [1.165, 1.54) is 6.92 Å². The molecule has 174 valence electrons. The van der Waals surface area contributed by atoms with Crippen molar-refractivity contribution in [3.8, 4) is 0 Å². The van der Waals surface area contributed by atoms with E-state index in [-0.39, 0.29) is 0 Å². The van der Waals surface area contributed by atoms with Crippen LogP contribution in [0.25, 0.3) is 0 Å². The van der Waals surface area contributed by atoms with Crippen molar-refractivity contribution in [2.45, 2.75) is 74.8 Å². The molecule has 0 bridgehead atoms. The SMILES string of the molecule is CCC(C)(F)C(=O)OCCCC(F)(F)C(F)(F)C(F)(F)C(F)(F)C(F)(F)C(F)F. The van der Waals surface area contributed by atoms with Crippen molar-refractivity contribution in [3.63, 3.8) is 0 Å². The van der Waals surface area contributed by atoms with Crippen LogP contribution in [0.5, 0.6) is 0 Å². The predicted molar refractivity (Wildman–Crippen MR) is 70.7 cm³/mol. The van der Waals surface area contributed by atoms with Crippen LogP contribution in [0.15, 0.2) is 0 Å². The van der Waals surface area contributed by atoms with Gasteiger partial charge in [0.2, 0.25) is 5.67 Å². The predicted octanol–water partition coefficient (Wildman–Crippen LogP) is 5.89. The molecule has 0 amide bonds. The van der Waals surface area contributed by atoms with Gasteiger partial charge < -0.3 is 4.74 Å². The standard InChI is InChI=1S/C14H15F13O2/c1-3-9(2,17)8(28)29-6-4-5-10(18,19)12(22,23)14(26,27)13(24,25)11(20,21)7(15)16/h7H,3-6H2,1-2H3. The Morgan fingerprint density at radius 3 is 1.66 bits per heavy atom. The molecule has 1 unspecified atom stereocenters. The lowest BCUT2D eigenvalue weighted by Gasteiger charge is -2.39. The first-order valence-electron chi connectivity index (χ1n) is 7.67. The van der Waals surface area contributed by atoms with E-state index in [0.29, 0.717) is 6.92 Å². The van der Waals surface area contributed by atoms with Crippen LogP contribution in [0.2, 0.25) is 0 Å². The summed E-state index contributed by atoms with van der Waals surface area (Å²) >= 11 is 0. The normalized spacial score (nSPS) is 16.7. The van der Waals surface area contributed by atoms with Crippen molar-refractivity contribution in [2.75, 3.05) is 6.61 Å². The molecule has 0 aromatic rings. The van der Waals surface area contributed by atoms with Gasteiger partial charge in [-0.05, 0) is 19.8 Å². The highest BCUT2D eigenvalue weighted by Crippen LogP contribution is 2.58. The average Bonchev–Trinajstić information content (AvgIpc) is 2.57. The van der Waals surface area contributed by atoms with Crippen molar-refractivity contribution in [1.82, 2.24) is 0 Å². The molecule has 0 saturated carbocycles. The Balaban J connectivity index is 5.42. The summed E-state index contributed by atoms with van der Waals surface area (Å²) in [7, 11) is 0. The van der Waals surface area contributed by atoms with Crippen LogP contribution in [0.4, 0.5) is 57.1 Å². The molecule has 15 heteroatoms. The number of halogens is 13. The highest BCUT2D eigenvalue weighted by atomic mass is 19.4. The first kappa shape index (κ1) is 27.6. The number of alkyl halides is 13. The largest absolute Gasteiger partial charge is 0.463 e. The molecular formula is C14H15F13O2. The van der Waals surface area contributed by atoms with E-state index in [1.807, 2.05) is 0 Å². The molecule has 0 N–H and O–H groups in total. The third kappa shape index (κ3) is 4.84. The molecule has 29 heavy (non-hydrogen) atoms. The van der Waals surface area contributed by atoms with Crippen LogP contribution < -0.4 is 0 Å². The van der Waals surface area contributed by atoms with Crippen LogP contribution in [0.3, 0.4) is 0 Å². The van der Waals surface area contributed by atoms with Crippen LogP contribution >= 0.6 is 0 Å². The van der Waals surface area contributed by atoms with Crippen molar-refractivity contribution >= 4 is 5.97 Å². The second kappa shape index (κ2) is 8.36. The van der Waals surface area contributed by atoms with E-state index >= 15 is 0 Å². The lowest BCUT2D eigenvalue weighted by molar-refractivity contribution is -0.413. The summed E-state index contributed by atoms with van der Waals surface area (Å²) in [5.41, 5.74) is -2.59. The third-order valence-electron chi connectivity index (χ3n) is 3.90. The van der Waals surface area contributed by atoms with Crippen LogP contribution in [-0.2, 0) is 9.53 Å². The Morgan fingerprint density at radius 1 is 0.828 bits per heavy atom. The summed E-state index contributed by atoms with van der Waals surface area (Å²) in [4.78, 5) is 11.2. The molecule has 0 radical (unpaired) electrons. The van der Waals surface area contributed by atoms with E-state index in [4.69, 9.17) is 0 Å². The van der Waals surface area contributed by atoms with E-state index in [1.54, 1.807) is 0 Å². The van der Waals surface area contributed by atoms with Crippen LogP contribution in [0.1, 0.15) is 33.1 Å². The minimum Gasteiger partial charge on any atom is -0.463 e. The number of carbonyl (C=O) groups is 1. The fraction of sp³-hybridized carbons (Fsp3) is 0.929. The molecule has 0 rings (SSSR count). The second-order valence-corrected chi connectivity index (χ2v) is 6.14. The fourth-order valence-corrected chi connectivity index (χ4v) is 1.68. The zero-order valence-electron chi connectivity index (χ0n) is 14.6. The van der Waals surface area contributed by atoms with Crippen molar-refractivity contribution < 1.29 is 66.6 Å². The Bertz CT molecular complexity index is 572. The maximum Gasteiger partial charge on any atom is 0.384 e. The molecule has 0 saturated heterocycles. The number of ether oxygens (including phenoxy) is 1. The average molecular weight is 462 g/mol. The molecule has 0 aliphatic carbocycles. The van der Waals surface area contributed by atoms with E-state index in [9.17, 15) is 61.9 Å². The van der Waals surface area contributed by atoms with Gasteiger partial charge in [0.05, 0.1) is 6.61 Å². The number of hydrogen-bond donors (Lipinski definition) is 0. The molecule has 0 fully saturated rings. The van der Waals surface area contributed by atoms with Gasteiger partial charge in [0, 0.05) is 6.42 Å². The summed E-state index contributed by atoms with van der Waals surface area (Å²) < 4.78 is 173. The highest BCUT2D eigenvalue weighted by molar-refractivity contribution is 5.78. The van der Waals surface area contributed by atoms with Gasteiger partial charge in [0.25, 0.3) is 0 Å². The maximum atomic E-state index is 13.5. The quantitative estimate of drug-likeness (QED) is 0.218. The van der Waals surface area contributed by atoms with Gasteiger partial charge in [0.1, 0.15) is 0 Å². The Kier molecular flexibility index (Phi) is 7.94. The van der Waals surface area contributed by atoms with Gasteiger partial charge in [-0.2, -0.15) is 43.9 Å². The fourth-order valence-electron chi connectivity index (χ4n) is 1.68. The molecule has 2 nitrogen and oxygen atoms in total. The molecule has 1 atom stereocenters. The lowest BCUT2D eigenvalue weighted by atomic mass is 9.92.